The summed E-state index contributed by atoms with van der Waals surface area (Å²) in [7, 11) is -9.90. The van der Waals surface area contributed by atoms with Crippen LogP contribution in [0.5, 0.6) is 0 Å². The van der Waals surface area contributed by atoms with Gasteiger partial charge < -0.3 is 33.8 Å². The van der Waals surface area contributed by atoms with Crippen molar-refractivity contribution < 1.29 is 80.2 Å². The summed E-state index contributed by atoms with van der Waals surface area (Å²) in [5.41, 5.74) is 0. The van der Waals surface area contributed by atoms with Crippen LogP contribution in [0.15, 0.2) is 0 Å². The normalized spacial score (nSPS) is 14.1. The molecule has 19 heteroatoms. The summed E-state index contributed by atoms with van der Waals surface area (Å²) in [6.45, 7) is 11.7. The van der Waals surface area contributed by atoms with Crippen LogP contribution in [-0.2, 0) is 65.4 Å². The molecule has 17 nitrogen and oxygen atoms in total. The van der Waals surface area contributed by atoms with Crippen molar-refractivity contribution in [1.82, 2.24) is 0 Å². The fraction of sp³-hybridized carbons (Fsp3) is 0.945. The van der Waals surface area contributed by atoms with E-state index in [2.05, 4.69) is 48.5 Å². The Balaban J connectivity index is 5.19. The molecular weight excluding hydrogens is 1210 g/mol. The third kappa shape index (κ3) is 66.7. The van der Waals surface area contributed by atoms with Crippen LogP contribution >= 0.6 is 15.6 Å². The third-order valence-electron chi connectivity index (χ3n) is 16.9. The van der Waals surface area contributed by atoms with E-state index in [-0.39, 0.29) is 25.7 Å². The average molecular weight is 1350 g/mol. The second-order valence-electron chi connectivity index (χ2n) is 27.8. The Labute approximate surface area is 562 Å². The maximum Gasteiger partial charge on any atom is 0.472 e. The van der Waals surface area contributed by atoms with Gasteiger partial charge in [0.2, 0.25) is 0 Å². The molecule has 0 saturated heterocycles. The molecule has 0 radical (unpaired) electrons. The van der Waals surface area contributed by atoms with Gasteiger partial charge in [0.1, 0.15) is 19.3 Å². The number of aliphatic hydroxyl groups is 1. The Hall–Kier alpha value is -1.94. The van der Waals surface area contributed by atoms with Crippen LogP contribution in [0.2, 0.25) is 0 Å². The van der Waals surface area contributed by atoms with Crippen LogP contribution in [0.25, 0.3) is 0 Å². The maximum atomic E-state index is 13.1. The lowest BCUT2D eigenvalue weighted by Gasteiger charge is -2.21. The molecule has 0 spiro atoms. The molecule has 0 fully saturated rings. The standard InChI is InChI=1S/C73H142O17P2/c1-8-9-10-11-12-13-14-15-16-17-18-19-20-21-22-23-28-33-42-49-56-72(77)89-68(60-83-70(75)54-47-40-32-27-25-24-26-30-37-44-51-64(2)3)62-87-91(79,80)85-58-67(74)59-86-92(81,82)88-63-69(61-84-71(76)55-48-41-36-35-39-46-53-66(6)7)90-73(78)57-50-43-34-29-31-38-45-52-65(4)5/h64-69,74H,8-63H2,1-7H3,(H,79,80)(H,81,82)/t67-,68-,69-/m1/s1. The Kier molecular flexibility index (Phi) is 62.4. The fourth-order valence-electron chi connectivity index (χ4n) is 11.1. The number of ether oxygens (including phenoxy) is 4. The molecule has 0 aliphatic carbocycles. The highest BCUT2D eigenvalue weighted by Gasteiger charge is 2.30. The van der Waals surface area contributed by atoms with E-state index in [4.69, 9.17) is 37.0 Å². The number of carbonyl (C=O) groups excluding carboxylic acids is 4. The zero-order valence-electron chi connectivity index (χ0n) is 60.0. The summed E-state index contributed by atoms with van der Waals surface area (Å²) in [6, 6.07) is 0. The van der Waals surface area contributed by atoms with Crippen LogP contribution in [-0.4, -0.2) is 96.7 Å². The molecule has 92 heavy (non-hydrogen) atoms. The predicted octanol–water partition coefficient (Wildman–Crippen LogP) is 21.0. The van der Waals surface area contributed by atoms with Gasteiger partial charge >= 0.3 is 39.5 Å². The second kappa shape index (κ2) is 63.8. The monoisotopic (exact) mass is 1350 g/mol. The number of phosphoric acid groups is 2. The van der Waals surface area contributed by atoms with Crippen molar-refractivity contribution in [2.75, 3.05) is 39.6 Å². The number of unbranched alkanes of at least 4 members (excludes halogenated alkanes) is 39. The van der Waals surface area contributed by atoms with Crippen molar-refractivity contribution in [1.29, 1.82) is 0 Å². The summed E-state index contributed by atoms with van der Waals surface area (Å²) in [5, 5.41) is 10.6. The van der Waals surface area contributed by atoms with Crippen molar-refractivity contribution in [2.45, 2.75) is 388 Å². The molecule has 0 aromatic rings. The fourth-order valence-corrected chi connectivity index (χ4v) is 12.7. The van der Waals surface area contributed by atoms with E-state index in [1.54, 1.807) is 0 Å². The number of phosphoric ester groups is 2. The maximum absolute atomic E-state index is 13.1. The Bertz CT molecular complexity index is 1800. The van der Waals surface area contributed by atoms with Gasteiger partial charge in [-0.25, -0.2) is 9.13 Å². The molecule has 0 rings (SSSR count). The molecule has 0 bridgehead atoms. The van der Waals surface area contributed by atoms with E-state index >= 15 is 0 Å². The first kappa shape index (κ1) is 90.1. The van der Waals surface area contributed by atoms with Gasteiger partial charge in [0.25, 0.3) is 0 Å². The molecule has 0 aromatic heterocycles. The largest absolute Gasteiger partial charge is 0.472 e. The van der Waals surface area contributed by atoms with E-state index in [0.29, 0.717) is 37.5 Å². The minimum absolute atomic E-state index is 0.102. The lowest BCUT2D eigenvalue weighted by Crippen LogP contribution is -2.30. The zero-order chi connectivity index (χ0) is 68.0. The van der Waals surface area contributed by atoms with Crippen LogP contribution in [0.1, 0.15) is 370 Å². The quantitative estimate of drug-likeness (QED) is 0.0222. The molecule has 0 heterocycles. The molecule has 0 aliphatic heterocycles. The highest BCUT2D eigenvalue weighted by Crippen LogP contribution is 2.45. The van der Waals surface area contributed by atoms with E-state index in [9.17, 15) is 43.2 Å². The van der Waals surface area contributed by atoms with Gasteiger partial charge in [0.05, 0.1) is 26.4 Å². The third-order valence-corrected chi connectivity index (χ3v) is 18.8. The smallest absolute Gasteiger partial charge is 0.462 e. The van der Waals surface area contributed by atoms with Crippen molar-refractivity contribution >= 4 is 39.5 Å². The second-order valence-corrected chi connectivity index (χ2v) is 30.7. The summed E-state index contributed by atoms with van der Waals surface area (Å²) >= 11 is 0. The number of rotatable bonds is 71. The molecular formula is C73H142O17P2. The van der Waals surface area contributed by atoms with Crippen LogP contribution in [0.4, 0.5) is 0 Å². The molecule has 5 atom stereocenters. The lowest BCUT2D eigenvalue weighted by molar-refractivity contribution is -0.161. The van der Waals surface area contributed by atoms with Crippen molar-refractivity contribution in [2.24, 2.45) is 17.8 Å². The van der Waals surface area contributed by atoms with Gasteiger partial charge in [-0.2, -0.15) is 0 Å². The minimum atomic E-state index is -4.95. The molecule has 3 N–H and O–H groups in total. The van der Waals surface area contributed by atoms with Gasteiger partial charge in [-0.05, 0) is 43.4 Å². The number of hydrogen-bond acceptors (Lipinski definition) is 15. The Morgan fingerprint density at radius 3 is 0.739 bits per heavy atom. The highest BCUT2D eigenvalue weighted by molar-refractivity contribution is 7.47. The number of carbonyl (C=O) groups is 4. The van der Waals surface area contributed by atoms with E-state index in [1.165, 1.54) is 173 Å². The lowest BCUT2D eigenvalue weighted by atomic mass is 10.0. The van der Waals surface area contributed by atoms with Crippen LogP contribution in [0, 0.1) is 17.8 Å². The first-order valence-corrected chi connectivity index (χ1v) is 40.8. The topological polar surface area (TPSA) is 237 Å². The van der Waals surface area contributed by atoms with Crippen molar-refractivity contribution in [3.63, 3.8) is 0 Å². The molecule has 0 amide bonds. The molecule has 546 valence electrons. The predicted molar refractivity (Wildman–Crippen MR) is 372 cm³/mol. The van der Waals surface area contributed by atoms with Crippen LogP contribution in [0.3, 0.4) is 0 Å². The van der Waals surface area contributed by atoms with Crippen molar-refractivity contribution in [3.8, 4) is 0 Å². The minimum Gasteiger partial charge on any atom is -0.462 e. The molecule has 0 aliphatic rings. The molecule has 2 unspecified atom stereocenters. The van der Waals surface area contributed by atoms with E-state index < -0.39 is 97.5 Å². The van der Waals surface area contributed by atoms with Gasteiger partial charge in [-0.3, -0.25) is 37.3 Å². The SMILES string of the molecule is CCCCCCCCCCCCCCCCCCCCCCC(=O)O[C@H](COC(=O)CCCCCCCCCCCCC(C)C)COP(=O)(O)OC[C@@H](O)COP(=O)(O)OC[C@@H](COC(=O)CCCCCCCCC(C)C)OC(=O)CCCCCCCCCC(C)C. The Morgan fingerprint density at radius 2 is 0.500 bits per heavy atom. The number of hydrogen-bond donors (Lipinski definition) is 3. The highest BCUT2D eigenvalue weighted by atomic mass is 31.2. The number of aliphatic hydroxyl groups excluding tert-OH is 1. The summed E-state index contributed by atoms with van der Waals surface area (Å²) in [6.07, 6.45) is 49.0. The van der Waals surface area contributed by atoms with Gasteiger partial charge in [-0.15, -0.1) is 0 Å². The van der Waals surface area contributed by atoms with E-state index in [1.807, 2.05) is 0 Å². The summed E-state index contributed by atoms with van der Waals surface area (Å²) in [4.78, 5) is 72.6. The van der Waals surface area contributed by atoms with Crippen LogP contribution < -0.4 is 0 Å². The summed E-state index contributed by atoms with van der Waals surface area (Å²) in [5.74, 6) is 0.00574. The van der Waals surface area contributed by atoms with Gasteiger partial charge in [-0.1, -0.05) is 318 Å². The first-order valence-electron chi connectivity index (χ1n) is 37.8. The average Bonchev–Trinajstić information content (AvgIpc) is 2.16. The van der Waals surface area contributed by atoms with Gasteiger partial charge in [0, 0.05) is 25.7 Å². The molecule has 0 saturated carbocycles. The first-order chi connectivity index (χ1) is 44.2. The van der Waals surface area contributed by atoms with Gasteiger partial charge in [0.15, 0.2) is 12.2 Å². The zero-order valence-corrected chi connectivity index (χ0v) is 61.8. The number of esters is 4. The van der Waals surface area contributed by atoms with E-state index in [0.717, 1.165) is 102 Å². The summed E-state index contributed by atoms with van der Waals surface area (Å²) < 4.78 is 68.3. The Morgan fingerprint density at radius 1 is 0.293 bits per heavy atom. The molecule has 0 aromatic carbocycles. The van der Waals surface area contributed by atoms with Crippen molar-refractivity contribution in [3.05, 3.63) is 0 Å².